The summed E-state index contributed by atoms with van der Waals surface area (Å²) in [6, 6.07) is 8.71. The van der Waals surface area contributed by atoms with Gasteiger partial charge in [-0.3, -0.25) is 4.79 Å². The van der Waals surface area contributed by atoms with E-state index in [0.29, 0.717) is 25.0 Å². The van der Waals surface area contributed by atoms with Crippen LogP contribution in [-0.4, -0.2) is 24.0 Å². The summed E-state index contributed by atoms with van der Waals surface area (Å²) in [5.41, 5.74) is 3.68. The standard InChI is InChI=1S/C21H27NO2S/c1-16-8-9-17(2)20(14-16)24-12-4-3-7-21(23)22-11-5-6-19(22)18-10-13-25-15-18/h8-10,13-15,19H,3-7,11-12H2,1-2H3. The van der Waals surface area contributed by atoms with Gasteiger partial charge in [0.15, 0.2) is 0 Å². The van der Waals surface area contributed by atoms with Crippen LogP contribution in [0.3, 0.4) is 0 Å². The van der Waals surface area contributed by atoms with Crippen LogP contribution in [0.2, 0.25) is 0 Å². The Labute approximate surface area is 154 Å². The molecule has 1 aromatic carbocycles. The molecule has 0 bridgehead atoms. The fourth-order valence-electron chi connectivity index (χ4n) is 3.44. The highest BCUT2D eigenvalue weighted by Crippen LogP contribution is 2.33. The van der Waals surface area contributed by atoms with Gasteiger partial charge in [-0.05, 0) is 79.1 Å². The molecule has 1 saturated heterocycles. The summed E-state index contributed by atoms with van der Waals surface area (Å²) in [4.78, 5) is 14.6. The Morgan fingerprint density at radius 1 is 1.28 bits per heavy atom. The number of aryl methyl sites for hydroxylation is 2. The Morgan fingerprint density at radius 3 is 2.96 bits per heavy atom. The zero-order chi connectivity index (χ0) is 17.6. The second-order valence-corrected chi connectivity index (χ2v) is 7.66. The molecule has 3 nitrogen and oxygen atoms in total. The number of hydrogen-bond donors (Lipinski definition) is 0. The summed E-state index contributed by atoms with van der Waals surface area (Å²) >= 11 is 1.71. The topological polar surface area (TPSA) is 29.5 Å². The van der Waals surface area contributed by atoms with Crippen molar-refractivity contribution in [2.45, 2.75) is 52.0 Å². The van der Waals surface area contributed by atoms with Crippen molar-refractivity contribution in [3.63, 3.8) is 0 Å². The molecule has 1 aliphatic rings. The van der Waals surface area contributed by atoms with Crippen molar-refractivity contribution in [1.29, 1.82) is 0 Å². The number of thiophene rings is 1. The van der Waals surface area contributed by atoms with Crippen LogP contribution in [0.4, 0.5) is 0 Å². The lowest BCUT2D eigenvalue weighted by Gasteiger charge is -2.24. The predicted octanol–water partition coefficient (Wildman–Crippen LogP) is 5.28. The van der Waals surface area contributed by atoms with Gasteiger partial charge in [0.1, 0.15) is 5.75 Å². The van der Waals surface area contributed by atoms with E-state index in [2.05, 4.69) is 53.8 Å². The quantitative estimate of drug-likeness (QED) is 0.631. The van der Waals surface area contributed by atoms with Gasteiger partial charge in [-0.2, -0.15) is 11.3 Å². The SMILES string of the molecule is Cc1ccc(C)c(OCCCCC(=O)N2CCCC2c2ccsc2)c1. The molecule has 0 radical (unpaired) electrons. The number of likely N-dealkylation sites (tertiary alicyclic amines) is 1. The highest BCUT2D eigenvalue weighted by Gasteiger charge is 2.29. The second-order valence-electron chi connectivity index (χ2n) is 6.88. The maximum atomic E-state index is 12.6. The molecule has 4 heteroatoms. The van der Waals surface area contributed by atoms with Gasteiger partial charge < -0.3 is 9.64 Å². The number of nitrogens with zero attached hydrogens (tertiary/aromatic N) is 1. The molecule has 134 valence electrons. The number of amides is 1. The molecule has 2 heterocycles. The fraction of sp³-hybridized carbons (Fsp3) is 0.476. The summed E-state index contributed by atoms with van der Waals surface area (Å²) in [5, 5.41) is 4.27. The highest BCUT2D eigenvalue weighted by atomic mass is 32.1. The van der Waals surface area contributed by atoms with E-state index < -0.39 is 0 Å². The Bertz CT molecular complexity index is 696. The second kappa shape index (κ2) is 8.52. The minimum absolute atomic E-state index is 0.292. The van der Waals surface area contributed by atoms with Crippen molar-refractivity contribution >= 4 is 17.2 Å². The average molecular weight is 358 g/mol. The predicted molar refractivity (Wildman–Crippen MR) is 103 cm³/mol. The van der Waals surface area contributed by atoms with E-state index >= 15 is 0 Å². The first kappa shape index (κ1) is 18.0. The molecule has 1 amide bonds. The number of ether oxygens (including phenoxy) is 1. The van der Waals surface area contributed by atoms with Gasteiger partial charge in [0.2, 0.25) is 5.91 Å². The molecule has 1 aromatic heterocycles. The van der Waals surface area contributed by atoms with Crippen molar-refractivity contribution in [2.24, 2.45) is 0 Å². The van der Waals surface area contributed by atoms with Crippen LogP contribution in [0.1, 0.15) is 54.8 Å². The molecule has 2 aromatic rings. The van der Waals surface area contributed by atoms with Gasteiger partial charge in [-0.1, -0.05) is 12.1 Å². The first-order valence-electron chi connectivity index (χ1n) is 9.17. The zero-order valence-corrected chi connectivity index (χ0v) is 16.0. The average Bonchev–Trinajstić information content (AvgIpc) is 3.27. The lowest BCUT2D eigenvalue weighted by Crippen LogP contribution is -2.30. The summed E-state index contributed by atoms with van der Waals surface area (Å²) in [7, 11) is 0. The van der Waals surface area contributed by atoms with Gasteiger partial charge in [-0.25, -0.2) is 0 Å². The number of unbranched alkanes of at least 4 members (excludes halogenated alkanes) is 1. The Balaban J connectivity index is 1.41. The molecule has 0 spiro atoms. The summed E-state index contributed by atoms with van der Waals surface area (Å²) in [5.74, 6) is 1.25. The Morgan fingerprint density at radius 2 is 2.16 bits per heavy atom. The van der Waals surface area contributed by atoms with Crippen LogP contribution < -0.4 is 4.74 Å². The third-order valence-electron chi connectivity index (χ3n) is 4.89. The lowest BCUT2D eigenvalue weighted by molar-refractivity contribution is -0.132. The number of hydrogen-bond acceptors (Lipinski definition) is 3. The van der Waals surface area contributed by atoms with E-state index in [9.17, 15) is 4.79 Å². The number of carbonyl (C=O) groups excluding carboxylic acids is 1. The monoisotopic (exact) mass is 357 g/mol. The van der Waals surface area contributed by atoms with Crippen LogP contribution >= 0.6 is 11.3 Å². The van der Waals surface area contributed by atoms with Crippen molar-refractivity contribution in [3.8, 4) is 5.75 Å². The molecule has 0 saturated carbocycles. The van der Waals surface area contributed by atoms with Gasteiger partial charge >= 0.3 is 0 Å². The van der Waals surface area contributed by atoms with Gasteiger partial charge in [-0.15, -0.1) is 0 Å². The molecule has 1 atom stereocenters. The largest absolute Gasteiger partial charge is 0.493 e. The van der Waals surface area contributed by atoms with E-state index in [4.69, 9.17) is 4.74 Å². The Hall–Kier alpha value is -1.81. The first-order chi connectivity index (χ1) is 12.1. The first-order valence-corrected chi connectivity index (χ1v) is 10.1. The van der Waals surface area contributed by atoms with E-state index in [1.54, 1.807) is 11.3 Å². The molecular weight excluding hydrogens is 330 g/mol. The van der Waals surface area contributed by atoms with Crippen LogP contribution in [0.15, 0.2) is 35.0 Å². The van der Waals surface area contributed by atoms with E-state index in [0.717, 1.165) is 43.5 Å². The molecule has 25 heavy (non-hydrogen) atoms. The van der Waals surface area contributed by atoms with Crippen molar-refractivity contribution in [1.82, 2.24) is 4.90 Å². The van der Waals surface area contributed by atoms with Gasteiger partial charge in [0, 0.05) is 13.0 Å². The van der Waals surface area contributed by atoms with Crippen molar-refractivity contribution in [2.75, 3.05) is 13.2 Å². The highest BCUT2D eigenvalue weighted by molar-refractivity contribution is 7.07. The van der Waals surface area contributed by atoms with Crippen LogP contribution in [0.25, 0.3) is 0 Å². The maximum absolute atomic E-state index is 12.6. The lowest BCUT2D eigenvalue weighted by atomic mass is 10.1. The smallest absolute Gasteiger partial charge is 0.223 e. The minimum atomic E-state index is 0.292. The zero-order valence-electron chi connectivity index (χ0n) is 15.2. The molecule has 1 fully saturated rings. The molecule has 1 aliphatic heterocycles. The van der Waals surface area contributed by atoms with E-state index in [1.807, 2.05) is 0 Å². The van der Waals surface area contributed by atoms with E-state index in [1.165, 1.54) is 11.1 Å². The van der Waals surface area contributed by atoms with Crippen molar-refractivity contribution < 1.29 is 9.53 Å². The minimum Gasteiger partial charge on any atom is -0.493 e. The third kappa shape index (κ3) is 4.63. The van der Waals surface area contributed by atoms with Crippen LogP contribution in [0, 0.1) is 13.8 Å². The summed E-state index contributed by atoms with van der Waals surface area (Å²) in [6.45, 7) is 5.71. The number of rotatable bonds is 7. The Kier molecular flexibility index (Phi) is 6.14. The van der Waals surface area contributed by atoms with Crippen LogP contribution in [0.5, 0.6) is 5.75 Å². The van der Waals surface area contributed by atoms with Gasteiger partial charge in [0.25, 0.3) is 0 Å². The molecule has 0 N–H and O–H groups in total. The fourth-order valence-corrected chi connectivity index (χ4v) is 4.15. The molecule has 3 rings (SSSR count). The van der Waals surface area contributed by atoms with E-state index in [-0.39, 0.29) is 0 Å². The third-order valence-corrected chi connectivity index (χ3v) is 5.59. The molecule has 0 aliphatic carbocycles. The van der Waals surface area contributed by atoms with Crippen molar-refractivity contribution in [3.05, 3.63) is 51.7 Å². The number of benzene rings is 1. The van der Waals surface area contributed by atoms with Crippen LogP contribution in [-0.2, 0) is 4.79 Å². The summed E-state index contributed by atoms with van der Waals surface area (Å²) in [6.07, 6.45) is 4.63. The van der Waals surface area contributed by atoms with Gasteiger partial charge in [0.05, 0.1) is 12.6 Å². The molecule has 1 unspecified atom stereocenters. The maximum Gasteiger partial charge on any atom is 0.223 e. The molecular formula is C21H27NO2S. The normalized spacial score (nSPS) is 17.0. The summed E-state index contributed by atoms with van der Waals surface area (Å²) < 4.78 is 5.88. The number of carbonyl (C=O) groups is 1.